The van der Waals surface area contributed by atoms with Crippen LogP contribution in [0.15, 0.2) is 18.2 Å². The predicted molar refractivity (Wildman–Crippen MR) is 96.4 cm³/mol. The Bertz CT molecular complexity index is 752. The van der Waals surface area contributed by atoms with Crippen LogP contribution < -0.4 is 15.4 Å². The molecule has 3 N–H and O–H groups in total. The van der Waals surface area contributed by atoms with Gasteiger partial charge in [-0.05, 0) is 25.0 Å². The quantitative estimate of drug-likeness (QED) is 0.864. The van der Waals surface area contributed by atoms with E-state index in [0.29, 0.717) is 29.8 Å². The second kappa shape index (κ2) is 7.33. The Morgan fingerprint density at radius 1 is 1.36 bits per heavy atom. The molecule has 0 bridgehead atoms. The summed E-state index contributed by atoms with van der Waals surface area (Å²) >= 11 is 6.45. The van der Waals surface area contributed by atoms with Crippen LogP contribution in [0.5, 0.6) is 11.5 Å². The first-order valence-electron chi connectivity index (χ1n) is 8.01. The highest BCUT2D eigenvalue weighted by molar-refractivity contribution is 6.31. The van der Waals surface area contributed by atoms with Gasteiger partial charge in [-0.15, -0.1) is 0 Å². The van der Waals surface area contributed by atoms with Crippen LogP contribution >= 0.6 is 11.6 Å². The molecule has 1 aromatic carbocycles. The highest BCUT2D eigenvalue weighted by Crippen LogP contribution is 2.39. The van der Waals surface area contributed by atoms with Gasteiger partial charge in [0.1, 0.15) is 5.82 Å². The number of aryl methyl sites for hydroxylation is 1. The number of rotatable bonds is 3. The Balaban J connectivity index is 2.06. The first kappa shape index (κ1) is 17.6. The highest BCUT2D eigenvalue weighted by atomic mass is 35.5. The summed E-state index contributed by atoms with van der Waals surface area (Å²) in [6.07, 6.45) is 0.846. The molecule has 2 heterocycles. The van der Waals surface area contributed by atoms with Crippen molar-refractivity contribution in [2.45, 2.75) is 19.4 Å². The molecule has 0 spiro atoms. The van der Waals surface area contributed by atoms with Crippen LogP contribution in [-0.2, 0) is 4.74 Å². The molecular weight excluding hydrogens is 344 g/mol. The average molecular weight is 365 g/mol. The number of phenolic OH excluding ortho intramolecular Hbond substituents is 1. The molecule has 1 aliphatic heterocycles. The molecule has 134 valence electrons. The molecule has 0 radical (unpaired) electrons. The molecule has 8 heteroatoms. The van der Waals surface area contributed by atoms with E-state index in [-0.39, 0.29) is 17.7 Å². The van der Waals surface area contributed by atoms with E-state index in [2.05, 4.69) is 14.9 Å². The summed E-state index contributed by atoms with van der Waals surface area (Å²) in [5.74, 6) is 1.30. The fourth-order valence-electron chi connectivity index (χ4n) is 3.01. The van der Waals surface area contributed by atoms with Crippen molar-refractivity contribution in [3.63, 3.8) is 0 Å². The van der Waals surface area contributed by atoms with Crippen molar-refractivity contribution in [1.82, 2.24) is 9.97 Å². The van der Waals surface area contributed by atoms with Crippen LogP contribution in [0.2, 0.25) is 5.02 Å². The largest absolute Gasteiger partial charge is 0.504 e. The van der Waals surface area contributed by atoms with E-state index < -0.39 is 0 Å². The zero-order valence-electron chi connectivity index (χ0n) is 14.2. The Labute approximate surface area is 151 Å². The first-order chi connectivity index (χ1) is 12.0. The number of aromatic hydroxyl groups is 1. The molecule has 1 fully saturated rings. The minimum absolute atomic E-state index is 0.0319. The Morgan fingerprint density at radius 2 is 2.16 bits per heavy atom. The summed E-state index contributed by atoms with van der Waals surface area (Å²) in [7, 11) is 1.48. The lowest BCUT2D eigenvalue weighted by atomic mass is 10.0. The van der Waals surface area contributed by atoms with Crippen LogP contribution in [0.1, 0.15) is 23.7 Å². The number of halogens is 1. The number of hydrogen-bond donors (Lipinski definition) is 2. The SMILES string of the molecule is COc1cc(Cl)c(C2COCCCN2c2cc(C)nc(N)n2)cc1O. The number of nitrogens with zero attached hydrogens (tertiary/aromatic N) is 3. The fraction of sp³-hybridized carbons (Fsp3) is 0.412. The second-order valence-corrected chi connectivity index (χ2v) is 6.32. The van der Waals surface area contributed by atoms with Crippen molar-refractivity contribution in [1.29, 1.82) is 0 Å². The molecule has 0 saturated carbocycles. The molecule has 1 aromatic heterocycles. The van der Waals surface area contributed by atoms with E-state index in [0.717, 1.165) is 24.2 Å². The van der Waals surface area contributed by atoms with E-state index in [1.54, 1.807) is 12.1 Å². The van der Waals surface area contributed by atoms with Crippen molar-refractivity contribution in [3.8, 4) is 11.5 Å². The topological polar surface area (TPSA) is 93.7 Å². The van der Waals surface area contributed by atoms with Gasteiger partial charge in [0.05, 0.1) is 19.8 Å². The Kier molecular flexibility index (Phi) is 5.15. The fourth-order valence-corrected chi connectivity index (χ4v) is 3.29. The number of benzene rings is 1. The van der Waals surface area contributed by atoms with Crippen LogP contribution in [0.25, 0.3) is 0 Å². The second-order valence-electron chi connectivity index (χ2n) is 5.91. The number of anilines is 2. The third kappa shape index (κ3) is 3.72. The van der Waals surface area contributed by atoms with Crippen molar-refractivity contribution in [2.24, 2.45) is 0 Å². The molecule has 2 aromatic rings. The zero-order chi connectivity index (χ0) is 18.0. The van der Waals surface area contributed by atoms with Gasteiger partial charge in [-0.2, -0.15) is 4.98 Å². The lowest BCUT2D eigenvalue weighted by Crippen LogP contribution is -2.32. The van der Waals surface area contributed by atoms with Gasteiger partial charge in [-0.1, -0.05) is 11.6 Å². The Morgan fingerprint density at radius 3 is 2.88 bits per heavy atom. The summed E-state index contributed by atoms with van der Waals surface area (Å²) in [6.45, 7) is 3.67. The van der Waals surface area contributed by atoms with Crippen molar-refractivity contribution in [3.05, 3.63) is 34.5 Å². The summed E-state index contributed by atoms with van der Waals surface area (Å²) < 4.78 is 10.9. The first-order valence-corrected chi connectivity index (χ1v) is 8.39. The number of nitrogen functional groups attached to an aromatic ring is 1. The number of phenols is 1. The number of hydrogen-bond acceptors (Lipinski definition) is 7. The standard InChI is InChI=1S/C17H21ClN4O3/c1-10-6-16(21-17(19)20-10)22-4-3-5-25-9-13(22)11-7-14(23)15(24-2)8-12(11)18/h6-8,13,23H,3-5,9H2,1-2H3,(H2,19,20,21). The maximum atomic E-state index is 10.2. The Hall–Kier alpha value is -2.25. The third-order valence-corrected chi connectivity index (χ3v) is 4.48. The average Bonchev–Trinajstić information content (AvgIpc) is 2.81. The van der Waals surface area contributed by atoms with Crippen LogP contribution in [0.4, 0.5) is 11.8 Å². The zero-order valence-corrected chi connectivity index (χ0v) is 15.0. The van der Waals surface area contributed by atoms with E-state index >= 15 is 0 Å². The van der Waals surface area contributed by atoms with E-state index in [1.165, 1.54) is 7.11 Å². The minimum atomic E-state index is -0.208. The third-order valence-electron chi connectivity index (χ3n) is 4.15. The molecule has 0 aliphatic carbocycles. The maximum Gasteiger partial charge on any atom is 0.222 e. The summed E-state index contributed by atoms with van der Waals surface area (Å²) in [5, 5.41) is 10.7. The number of methoxy groups -OCH3 is 1. The van der Waals surface area contributed by atoms with Crippen LogP contribution in [-0.4, -0.2) is 41.9 Å². The van der Waals surface area contributed by atoms with Crippen LogP contribution in [0, 0.1) is 6.92 Å². The maximum absolute atomic E-state index is 10.2. The molecular formula is C17H21ClN4O3. The molecule has 25 heavy (non-hydrogen) atoms. The lowest BCUT2D eigenvalue weighted by Gasteiger charge is -2.31. The van der Waals surface area contributed by atoms with Gasteiger partial charge in [0.25, 0.3) is 0 Å². The van der Waals surface area contributed by atoms with Gasteiger partial charge < -0.3 is 25.2 Å². The van der Waals surface area contributed by atoms with Gasteiger partial charge in [-0.3, -0.25) is 0 Å². The smallest absolute Gasteiger partial charge is 0.222 e. The van der Waals surface area contributed by atoms with Crippen molar-refractivity contribution >= 4 is 23.4 Å². The number of aromatic nitrogens is 2. The van der Waals surface area contributed by atoms with Crippen molar-refractivity contribution in [2.75, 3.05) is 37.5 Å². The summed E-state index contributed by atoms with van der Waals surface area (Å²) in [4.78, 5) is 10.6. The number of ether oxygens (including phenoxy) is 2. The van der Waals surface area contributed by atoms with E-state index in [9.17, 15) is 5.11 Å². The van der Waals surface area contributed by atoms with Gasteiger partial charge in [0, 0.05) is 36.0 Å². The van der Waals surface area contributed by atoms with Gasteiger partial charge in [0.15, 0.2) is 11.5 Å². The molecule has 0 amide bonds. The van der Waals surface area contributed by atoms with Gasteiger partial charge >= 0.3 is 0 Å². The summed E-state index contributed by atoms with van der Waals surface area (Å²) in [5.41, 5.74) is 7.35. The number of nitrogens with two attached hydrogens (primary N) is 1. The van der Waals surface area contributed by atoms with E-state index in [4.69, 9.17) is 26.8 Å². The molecule has 1 atom stereocenters. The normalized spacial score (nSPS) is 18.0. The molecule has 1 saturated heterocycles. The lowest BCUT2D eigenvalue weighted by molar-refractivity contribution is 0.134. The van der Waals surface area contributed by atoms with Gasteiger partial charge in [0.2, 0.25) is 5.95 Å². The van der Waals surface area contributed by atoms with Gasteiger partial charge in [-0.25, -0.2) is 4.98 Å². The molecule has 7 nitrogen and oxygen atoms in total. The monoisotopic (exact) mass is 364 g/mol. The van der Waals surface area contributed by atoms with Crippen molar-refractivity contribution < 1.29 is 14.6 Å². The van der Waals surface area contributed by atoms with E-state index in [1.807, 2.05) is 13.0 Å². The van der Waals surface area contributed by atoms with Crippen LogP contribution in [0.3, 0.4) is 0 Å². The highest BCUT2D eigenvalue weighted by Gasteiger charge is 2.28. The molecule has 1 unspecified atom stereocenters. The minimum Gasteiger partial charge on any atom is -0.504 e. The summed E-state index contributed by atoms with van der Waals surface area (Å²) in [6, 6.07) is 4.90. The predicted octanol–water partition coefficient (Wildman–Crippen LogP) is 2.70. The molecule has 3 rings (SSSR count). The molecule has 1 aliphatic rings.